The molecular formula is C28H30N6O4. The van der Waals surface area contributed by atoms with Gasteiger partial charge in [0.1, 0.15) is 24.5 Å². The Morgan fingerprint density at radius 2 is 1.97 bits per heavy atom. The molecule has 0 radical (unpaired) electrons. The van der Waals surface area contributed by atoms with Crippen molar-refractivity contribution in [3.8, 4) is 23.1 Å². The monoisotopic (exact) mass is 514 g/mol. The summed E-state index contributed by atoms with van der Waals surface area (Å²) in [5.74, 6) is 0.603. The second-order valence-corrected chi connectivity index (χ2v) is 9.49. The number of carbonyl (C=O) groups excluding carboxylic acids is 1. The number of methoxy groups -OCH3 is 1. The maximum absolute atomic E-state index is 11.7. The van der Waals surface area contributed by atoms with E-state index < -0.39 is 6.61 Å². The normalized spacial score (nSPS) is 17.6. The summed E-state index contributed by atoms with van der Waals surface area (Å²) in [4.78, 5) is 24.6. The van der Waals surface area contributed by atoms with E-state index in [9.17, 15) is 10.1 Å². The number of nitrogens with zero attached hydrogens (tertiary/aromatic N) is 5. The first-order valence-electron chi connectivity index (χ1n) is 12.6. The number of likely N-dealkylation sites (tertiary alicyclic amines) is 2. The van der Waals surface area contributed by atoms with Gasteiger partial charge in [0.2, 0.25) is 11.9 Å². The Morgan fingerprint density at radius 3 is 2.71 bits per heavy atom. The Balaban J connectivity index is 1.22. The van der Waals surface area contributed by atoms with Crippen LogP contribution < -0.4 is 10.1 Å². The van der Waals surface area contributed by atoms with Crippen LogP contribution in [0, 0.1) is 11.3 Å². The molecule has 1 atom stereocenters. The summed E-state index contributed by atoms with van der Waals surface area (Å²) in [6.45, 7) is 3.22. The van der Waals surface area contributed by atoms with Crippen molar-refractivity contribution in [1.82, 2.24) is 19.8 Å². The van der Waals surface area contributed by atoms with Gasteiger partial charge in [0.25, 0.3) is 0 Å². The molecule has 2 aliphatic rings. The molecule has 38 heavy (non-hydrogen) atoms. The SMILES string of the molecule is COC1CN(Cc2ccc(Nc3nccc(-c4ccc(O[C@@H]5CCN(C(=O)CO)C5)c(C#N)c4)n3)cc2)C1. The van der Waals surface area contributed by atoms with Crippen molar-refractivity contribution in [2.45, 2.75) is 25.2 Å². The average Bonchev–Trinajstić information content (AvgIpc) is 3.40. The number of amides is 1. The molecule has 2 fully saturated rings. The molecule has 5 rings (SSSR count). The van der Waals surface area contributed by atoms with E-state index in [0.29, 0.717) is 48.6 Å². The zero-order valence-electron chi connectivity index (χ0n) is 21.2. The molecule has 10 heteroatoms. The number of aliphatic hydroxyl groups excluding tert-OH is 1. The van der Waals surface area contributed by atoms with Gasteiger partial charge in [-0.3, -0.25) is 9.69 Å². The van der Waals surface area contributed by atoms with Gasteiger partial charge in [0.05, 0.1) is 23.9 Å². The van der Waals surface area contributed by atoms with Crippen LogP contribution in [0.5, 0.6) is 5.75 Å². The Labute approximate surface area is 221 Å². The van der Waals surface area contributed by atoms with Crippen LogP contribution in [0.15, 0.2) is 54.7 Å². The maximum Gasteiger partial charge on any atom is 0.248 e. The number of hydrogen-bond acceptors (Lipinski definition) is 9. The summed E-state index contributed by atoms with van der Waals surface area (Å²) in [6.07, 6.45) is 2.44. The third kappa shape index (κ3) is 5.92. The molecule has 10 nitrogen and oxygen atoms in total. The highest BCUT2D eigenvalue weighted by atomic mass is 16.5. The number of ether oxygens (including phenoxy) is 2. The van der Waals surface area contributed by atoms with Crippen LogP contribution >= 0.6 is 0 Å². The van der Waals surface area contributed by atoms with Crippen LogP contribution in [0.4, 0.5) is 11.6 Å². The van der Waals surface area contributed by atoms with Gasteiger partial charge >= 0.3 is 0 Å². The molecule has 2 N–H and O–H groups in total. The summed E-state index contributed by atoms with van der Waals surface area (Å²) in [6, 6.07) is 17.5. The highest BCUT2D eigenvalue weighted by molar-refractivity contribution is 5.77. The Morgan fingerprint density at radius 1 is 1.16 bits per heavy atom. The van der Waals surface area contributed by atoms with Gasteiger partial charge in [-0.1, -0.05) is 12.1 Å². The van der Waals surface area contributed by atoms with Gasteiger partial charge in [-0.2, -0.15) is 5.26 Å². The highest BCUT2D eigenvalue weighted by Crippen LogP contribution is 2.28. The van der Waals surface area contributed by atoms with Crippen LogP contribution in [0.1, 0.15) is 17.5 Å². The number of hydrogen-bond donors (Lipinski definition) is 2. The Bertz CT molecular complexity index is 1320. The topological polar surface area (TPSA) is 124 Å². The van der Waals surface area contributed by atoms with E-state index in [1.807, 2.05) is 18.2 Å². The van der Waals surface area contributed by atoms with E-state index >= 15 is 0 Å². The first-order valence-corrected chi connectivity index (χ1v) is 12.6. The van der Waals surface area contributed by atoms with E-state index in [-0.39, 0.29) is 12.0 Å². The molecule has 3 aromatic rings. The van der Waals surface area contributed by atoms with Gasteiger partial charge in [-0.15, -0.1) is 0 Å². The predicted octanol–water partition coefficient (Wildman–Crippen LogP) is 2.56. The van der Waals surface area contributed by atoms with Crippen LogP contribution in [0.2, 0.25) is 0 Å². The van der Waals surface area contributed by atoms with Crippen LogP contribution in [-0.4, -0.2) is 82.9 Å². The molecule has 0 spiro atoms. The quantitative estimate of drug-likeness (QED) is 0.443. The van der Waals surface area contributed by atoms with E-state index in [1.54, 1.807) is 36.4 Å². The standard InChI is InChI=1S/C28H30N6O4/c1-37-24-15-33(16-24)14-19-2-5-22(6-3-19)31-28-30-10-8-25(32-28)20-4-7-26(21(12-20)13-29)38-23-9-11-34(17-23)27(36)18-35/h2-8,10,12,23-24,35H,9,11,14-18H2,1H3,(H,30,31,32)/t23-/m1/s1. The number of nitrogens with one attached hydrogen (secondary N) is 1. The summed E-state index contributed by atoms with van der Waals surface area (Å²) < 4.78 is 11.4. The van der Waals surface area contributed by atoms with E-state index in [2.05, 4.69) is 38.4 Å². The molecule has 0 saturated carbocycles. The largest absolute Gasteiger partial charge is 0.487 e. The zero-order chi connectivity index (χ0) is 26.5. The smallest absolute Gasteiger partial charge is 0.248 e. The summed E-state index contributed by atoms with van der Waals surface area (Å²) in [5.41, 5.74) is 3.94. The lowest BCUT2D eigenvalue weighted by Gasteiger charge is -2.38. The predicted molar refractivity (Wildman–Crippen MR) is 141 cm³/mol. The van der Waals surface area contributed by atoms with Crippen molar-refractivity contribution in [1.29, 1.82) is 5.26 Å². The maximum atomic E-state index is 11.7. The molecule has 1 aromatic heterocycles. The van der Waals surface area contributed by atoms with Gasteiger partial charge < -0.3 is 24.8 Å². The van der Waals surface area contributed by atoms with Crippen LogP contribution in [-0.2, 0) is 16.1 Å². The fraction of sp³-hybridized carbons (Fsp3) is 0.357. The lowest BCUT2D eigenvalue weighted by molar-refractivity contribution is -0.133. The number of carbonyl (C=O) groups is 1. The Kier molecular flexibility index (Phi) is 7.79. The minimum absolute atomic E-state index is 0.224. The Hall–Kier alpha value is -4.04. The number of rotatable bonds is 9. The zero-order valence-corrected chi connectivity index (χ0v) is 21.2. The molecular weight excluding hydrogens is 484 g/mol. The molecule has 2 aromatic carbocycles. The number of nitriles is 1. The van der Waals surface area contributed by atoms with Gasteiger partial charge in [0.15, 0.2) is 0 Å². The number of aromatic nitrogens is 2. The number of anilines is 2. The molecule has 2 aliphatic heterocycles. The van der Waals surface area contributed by atoms with Crippen molar-refractivity contribution >= 4 is 17.5 Å². The fourth-order valence-corrected chi connectivity index (χ4v) is 4.67. The molecule has 3 heterocycles. The third-order valence-corrected chi connectivity index (χ3v) is 6.85. The molecule has 0 unspecified atom stereocenters. The summed E-state index contributed by atoms with van der Waals surface area (Å²) in [5, 5.41) is 22.0. The minimum atomic E-state index is -0.514. The average molecular weight is 515 g/mol. The van der Waals surface area contributed by atoms with Gasteiger partial charge in [-0.25, -0.2) is 9.97 Å². The first kappa shape index (κ1) is 25.6. The number of aliphatic hydroxyl groups is 1. The van der Waals surface area contributed by atoms with Crippen LogP contribution in [0.25, 0.3) is 11.3 Å². The molecule has 1 amide bonds. The van der Waals surface area contributed by atoms with E-state index in [4.69, 9.17) is 14.6 Å². The van der Waals surface area contributed by atoms with Crippen molar-refractivity contribution in [3.05, 3.63) is 65.9 Å². The molecule has 0 bridgehead atoms. The molecule has 2 saturated heterocycles. The molecule has 0 aliphatic carbocycles. The van der Waals surface area contributed by atoms with E-state index in [0.717, 1.165) is 30.9 Å². The van der Waals surface area contributed by atoms with Gasteiger partial charge in [-0.05, 0) is 42.0 Å². The second-order valence-electron chi connectivity index (χ2n) is 9.49. The molecule has 196 valence electrons. The lowest BCUT2D eigenvalue weighted by Crippen LogP contribution is -2.50. The first-order chi connectivity index (χ1) is 18.5. The number of benzene rings is 2. The summed E-state index contributed by atoms with van der Waals surface area (Å²) >= 11 is 0. The van der Waals surface area contributed by atoms with Crippen molar-refractivity contribution in [2.24, 2.45) is 0 Å². The van der Waals surface area contributed by atoms with Crippen molar-refractivity contribution in [2.75, 3.05) is 45.2 Å². The highest BCUT2D eigenvalue weighted by Gasteiger charge is 2.28. The van der Waals surface area contributed by atoms with Crippen molar-refractivity contribution < 1.29 is 19.4 Å². The van der Waals surface area contributed by atoms with Gasteiger partial charge in [0, 0.05) is 57.2 Å². The van der Waals surface area contributed by atoms with Crippen LogP contribution in [0.3, 0.4) is 0 Å². The lowest BCUT2D eigenvalue weighted by atomic mass is 10.1. The van der Waals surface area contributed by atoms with E-state index in [1.165, 1.54) is 5.56 Å². The van der Waals surface area contributed by atoms with Crippen molar-refractivity contribution in [3.63, 3.8) is 0 Å². The third-order valence-electron chi connectivity index (χ3n) is 6.85. The second kappa shape index (κ2) is 11.6. The fourth-order valence-electron chi connectivity index (χ4n) is 4.67. The summed E-state index contributed by atoms with van der Waals surface area (Å²) in [7, 11) is 1.75. The minimum Gasteiger partial charge on any atom is -0.487 e.